The van der Waals surface area contributed by atoms with Crippen molar-refractivity contribution in [1.82, 2.24) is 0 Å². The molecule has 0 aliphatic heterocycles. The van der Waals surface area contributed by atoms with E-state index in [1.807, 2.05) is 4.90 Å². The molecule has 0 aromatic heterocycles. The molecule has 1 aromatic rings. The molecule has 96 valence electrons. The number of hydrogen-bond donors (Lipinski definition) is 0. The third-order valence-corrected chi connectivity index (χ3v) is 4.52. The minimum absolute atomic E-state index is 0.287. The lowest BCUT2D eigenvalue weighted by Gasteiger charge is -2.25. The predicted molar refractivity (Wildman–Crippen MR) is 73.5 cm³/mol. The Labute approximate surface area is 109 Å². The molecule has 0 saturated heterocycles. The van der Waals surface area contributed by atoms with E-state index in [1.165, 1.54) is 12.0 Å². The summed E-state index contributed by atoms with van der Waals surface area (Å²) in [6.45, 7) is 4.91. The standard InChI is InChI=1S/C16H21NO/c1-3-17(15-6-4-11(2)5-7-15)16(18)14-9-12-8-13(12)10-14/h4-7,12-14H,3,8-10H2,1-2H3. The molecule has 2 unspecified atom stereocenters. The van der Waals surface area contributed by atoms with Crippen LogP contribution in [0, 0.1) is 24.7 Å². The summed E-state index contributed by atoms with van der Waals surface area (Å²) in [6.07, 6.45) is 3.64. The maximum absolute atomic E-state index is 12.6. The lowest BCUT2D eigenvalue weighted by atomic mass is 10.0. The highest BCUT2D eigenvalue weighted by molar-refractivity contribution is 5.95. The quantitative estimate of drug-likeness (QED) is 0.797. The highest BCUT2D eigenvalue weighted by atomic mass is 16.2. The van der Waals surface area contributed by atoms with Gasteiger partial charge in [-0.1, -0.05) is 17.7 Å². The largest absolute Gasteiger partial charge is 0.312 e. The van der Waals surface area contributed by atoms with Crippen molar-refractivity contribution in [3.05, 3.63) is 29.8 Å². The van der Waals surface area contributed by atoms with Crippen molar-refractivity contribution in [2.45, 2.75) is 33.1 Å². The molecule has 18 heavy (non-hydrogen) atoms. The smallest absolute Gasteiger partial charge is 0.230 e. The van der Waals surface area contributed by atoms with Gasteiger partial charge in [0.15, 0.2) is 0 Å². The molecule has 2 aliphatic carbocycles. The third-order valence-electron chi connectivity index (χ3n) is 4.52. The van der Waals surface area contributed by atoms with Crippen LogP contribution in [0.4, 0.5) is 5.69 Å². The maximum Gasteiger partial charge on any atom is 0.230 e. The SMILES string of the molecule is CCN(C(=O)C1CC2CC2C1)c1ccc(C)cc1. The van der Waals surface area contributed by atoms with E-state index < -0.39 is 0 Å². The molecule has 2 nitrogen and oxygen atoms in total. The van der Waals surface area contributed by atoms with Gasteiger partial charge in [0, 0.05) is 18.2 Å². The van der Waals surface area contributed by atoms with Crippen LogP contribution in [0.5, 0.6) is 0 Å². The Morgan fingerprint density at radius 2 is 1.78 bits per heavy atom. The van der Waals surface area contributed by atoms with Gasteiger partial charge in [-0.2, -0.15) is 0 Å². The fourth-order valence-corrected chi connectivity index (χ4v) is 3.33. The number of anilines is 1. The van der Waals surface area contributed by atoms with Crippen molar-refractivity contribution in [2.75, 3.05) is 11.4 Å². The molecule has 2 aliphatic rings. The van der Waals surface area contributed by atoms with Crippen molar-refractivity contribution in [3.63, 3.8) is 0 Å². The molecule has 0 radical (unpaired) electrons. The minimum atomic E-state index is 0.287. The fourth-order valence-electron chi connectivity index (χ4n) is 3.33. The Balaban J connectivity index is 1.75. The number of carbonyl (C=O) groups is 1. The van der Waals surface area contributed by atoms with Crippen molar-refractivity contribution in [2.24, 2.45) is 17.8 Å². The number of aryl methyl sites for hydroxylation is 1. The van der Waals surface area contributed by atoms with E-state index in [9.17, 15) is 4.79 Å². The summed E-state index contributed by atoms with van der Waals surface area (Å²) in [5, 5.41) is 0. The topological polar surface area (TPSA) is 20.3 Å². The maximum atomic E-state index is 12.6. The summed E-state index contributed by atoms with van der Waals surface area (Å²) in [6, 6.07) is 8.29. The summed E-state index contributed by atoms with van der Waals surface area (Å²) in [4.78, 5) is 14.5. The van der Waals surface area contributed by atoms with Gasteiger partial charge in [-0.15, -0.1) is 0 Å². The van der Waals surface area contributed by atoms with E-state index in [4.69, 9.17) is 0 Å². The van der Waals surface area contributed by atoms with Crippen molar-refractivity contribution in [1.29, 1.82) is 0 Å². The van der Waals surface area contributed by atoms with Gasteiger partial charge in [0.1, 0.15) is 0 Å². The monoisotopic (exact) mass is 243 g/mol. The van der Waals surface area contributed by atoms with Gasteiger partial charge in [0.05, 0.1) is 0 Å². The van der Waals surface area contributed by atoms with Crippen LogP contribution in [0.2, 0.25) is 0 Å². The first-order valence-electron chi connectivity index (χ1n) is 7.07. The van der Waals surface area contributed by atoms with Crippen LogP contribution in [0.3, 0.4) is 0 Å². The number of benzene rings is 1. The molecule has 2 saturated carbocycles. The molecular weight excluding hydrogens is 222 g/mol. The van der Waals surface area contributed by atoms with Gasteiger partial charge in [-0.05, 0) is 57.1 Å². The van der Waals surface area contributed by atoms with Crippen molar-refractivity contribution < 1.29 is 4.79 Å². The minimum Gasteiger partial charge on any atom is -0.312 e. The van der Waals surface area contributed by atoms with Crippen LogP contribution < -0.4 is 4.90 Å². The average molecular weight is 243 g/mol. The summed E-state index contributed by atoms with van der Waals surface area (Å²) >= 11 is 0. The van der Waals surface area contributed by atoms with Crippen LogP contribution in [0.25, 0.3) is 0 Å². The van der Waals surface area contributed by atoms with E-state index in [0.29, 0.717) is 5.91 Å². The van der Waals surface area contributed by atoms with E-state index >= 15 is 0 Å². The van der Waals surface area contributed by atoms with E-state index in [-0.39, 0.29) is 5.92 Å². The Kier molecular flexibility index (Phi) is 2.89. The van der Waals surface area contributed by atoms with Gasteiger partial charge in [-0.25, -0.2) is 0 Å². The molecule has 0 heterocycles. The van der Waals surface area contributed by atoms with E-state index in [0.717, 1.165) is 36.9 Å². The Hall–Kier alpha value is -1.31. The van der Waals surface area contributed by atoms with Crippen molar-refractivity contribution in [3.8, 4) is 0 Å². The lowest BCUT2D eigenvalue weighted by Crippen LogP contribution is -2.35. The van der Waals surface area contributed by atoms with Crippen LogP contribution in [0.15, 0.2) is 24.3 Å². The second-order valence-corrected chi connectivity index (χ2v) is 5.84. The molecule has 1 amide bonds. The molecule has 0 N–H and O–H groups in total. The average Bonchev–Trinajstić information content (AvgIpc) is 2.99. The highest BCUT2D eigenvalue weighted by Gasteiger charge is 2.48. The van der Waals surface area contributed by atoms with Crippen LogP contribution >= 0.6 is 0 Å². The molecule has 0 spiro atoms. The normalized spacial score (nSPS) is 28.9. The Bertz CT molecular complexity index is 441. The summed E-state index contributed by atoms with van der Waals surface area (Å²) in [5.74, 6) is 2.37. The van der Waals surface area contributed by atoms with Gasteiger partial charge >= 0.3 is 0 Å². The van der Waals surface area contributed by atoms with Gasteiger partial charge < -0.3 is 4.90 Å². The number of hydrogen-bond acceptors (Lipinski definition) is 1. The van der Waals surface area contributed by atoms with Crippen LogP contribution in [0.1, 0.15) is 31.7 Å². The summed E-state index contributed by atoms with van der Waals surface area (Å²) in [7, 11) is 0. The first kappa shape index (κ1) is 11.8. The van der Waals surface area contributed by atoms with Gasteiger partial charge in [-0.3, -0.25) is 4.79 Å². The first-order chi connectivity index (χ1) is 8.69. The molecule has 1 aromatic carbocycles. The molecule has 0 bridgehead atoms. The number of rotatable bonds is 3. The molecular formula is C16H21NO. The van der Waals surface area contributed by atoms with E-state index in [1.54, 1.807) is 0 Å². The zero-order valence-electron chi connectivity index (χ0n) is 11.2. The number of carbonyl (C=O) groups excluding carboxylic acids is 1. The Morgan fingerprint density at radius 3 is 2.33 bits per heavy atom. The number of nitrogens with zero attached hydrogens (tertiary/aromatic N) is 1. The summed E-state index contributed by atoms with van der Waals surface area (Å²) < 4.78 is 0. The van der Waals surface area contributed by atoms with Crippen LogP contribution in [-0.4, -0.2) is 12.5 Å². The third kappa shape index (κ3) is 2.05. The zero-order chi connectivity index (χ0) is 12.7. The molecule has 2 atom stereocenters. The number of amides is 1. The first-order valence-corrected chi connectivity index (χ1v) is 7.07. The molecule has 3 rings (SSSR count). The highest BCUT2D eigenvalue weighted by Crippen LogP contribution is 2.54. The predicted octanol–water partition coefficient (Wildman–Crippen LogP) is 3.39. The molecule has 2 fully saturated rings. The van der Waals surface area contributed by atoms with E-state index in [2.05, 4.69) is 38.1 Å². The second kappa shape index (κ2) is 4.42. The number of fused-ring (bicyclic) bond motifs is 1. The zero-order valence-corrected chi connectivity index (χ0v) is 11.2. The van der Waals surface area contributed by atoms with Crippen LogP contribution in [-0.2, 0) is 4.79 Å². The van der Waals surface area contributed by atoms with Gasteiger partial charge in [0.2, 0.25) is 5.91 Å². The lowest BCUT2D eigenvalue weighted by molar-refractivity contribution is -0.122. The van der Waals surface area contributed by atoms with Crippen molar-refractivity contribution >= 4 is 11.6 Å². The molecule has 2 heteroatoms. The van der Waals surface area contributed by atoms with Gasteiger partial charge in [0.25, 0.3) is 0 Å². The Morgan fingerprint density at radius 1 is 1.17 bits per heavy atom. The second-order valence-electron chi connectivity index (χ2n) is 5.84. The fraction of sp³-hybridized carbons (Fsp3) is 0.562. The summed E-state index contributed by atoms with van der Waals surface area (Å²) in [5.41, 5.74) is 2.29.